The van der Waals surface area contributed by atoms with E-state index in [1.165, 1.54) is 0 Å². The van der Waals surface area contributed by atoms with Gasteiger partial charge in [0.1, 0.15) is 6.29 Å². The zero-order chi connectivity index (χ0) is 10.7. The number of anilines is 1. The first-order chi connectivity index (χ1) is 7.31. The van der Waals surface area contributed by atoms with Crippen molar-refractivity contribution >= 4 is 28.2 Å². The lowest BCUT2D eigenvalue weighted by Gasteiger charge is -2.32. The molecular formula is C10H12BrN3O. The summed E-state index contributed by atoms with van der Waals surface area (Å²) >= 11 is 3.29. The molecule has 0 amide bonds. The number of aromatic nitrogens is 2. The highest BCUT2D eigenvalue weighted by atomic mass is 79.9. The maximum Gasteiger partial charge on any atom is 0.225 e. The van der Waals surface area contributed by atoms with Gasteiger partial charge in [-0.15, -0.1) is 0 Å². The van der Waals surface area contributed by atoms with E-state index in [0.717, 1.165) is 36.6 Å². The van der Waals surface area contributed by atoms with Crippen molar-refractivity contribution in [3.8, 4) is 0 Å². The normalized spacial score (nSPS) is 21.4. The van der Waals surface area contributed by atoms with E-state index in [1.807, 2.05) is 4.90 Å². The lowest BCUT2D eigenvalue weighted by Crippen LogP contribution is -2.41. The fraction of sp³-hybridized carbons (Fsp3) is 0.500. The van der Waals surface area contributed by atoms with E-state index in [0.29, 0.717) is 5.95 Å². The Balaban J connectivity index is 2.20. The topological polar surface area (TPSA) is 46.1 Å². The lowest BCUT2D eigenvalue weighted by molar-refractivity contribution is -0.109. The Morgan fingerprint density at radius 2 is 2.13 bits per heavy atom. The van der Waals surface area contributed by atoms with Crippen LogP contribution >= 0.6 is 15.9 Å². The van der Waals surface area contributed by atoms with Gasteiger partial charge in [-0.05, 0) is 35.2 Å². The van der Waals surface area contributed by atoms with Crippen molar-refractivity contribution in [1.82, 2.24) is 9.97 Å². The van der Waals surface area contributed by atoms with Gasteiger partial charge in [-0.1, -0.05) is 0 Å². The molecule has 80 valence electrons. The molecule has 1 aromatic heterocycles. The van der Waals surface area contributed by atoms with E-state index in [9.17, 15) is 4.79 Å². The molecule has 0 bridgehead atoms. The molecule has 0 spiro atoms. The van der Waals surface area contributed by atoms with Gasteiger partial charge in [0.2, 0.25) is 5.95 Å². The molecule has 1 aliphatic heterocycles. The standard InChI is InChI=1S/C10H12BrN3O/c11-8-5-12-10(13-6-8)14-4-2-1-3-9(14)7-15/h5-7,9H,1-4H2. The van der Waals surface area contributed by atoms with Crippen molar-refractivity contribution in [2.45, 2.75) is 25.3 Å². The molecule has 2 heterocycles. The highest BCUT2D eigenvalue weighted by molar-refractivity contribution is 9.10. The molecule has 2 rings (SSSR count). The molecule has 0 aromatic carbocycles. The monoisotopic (exact) mass is 269 g/mol. The summed E-state index contributed by atoms with van der Waals surface area (Å²) in [7, 11) is 0. The second kappa shape index (κ2) is 4.70. The first kappa shape index (κ1) is 10.5. The van der Waals surface area contributed by atoms with E-state index in [1.54, 1.807) is 12.4 Å². The average Bonchev–Trinajstić information content (AvgIpc) is 2.30. The molecule has 0 saturated carbocycles. The summed E-state index contributed by atoms with van der Waals surface area (Å²) in [5, 5.41) is 0. The fourth-order valence-electron chi connectivity index (χ4n) is 1.80. The van der Waals surface area contributed by atoms with Gasteiger partial charge < -0.3 is 9.69 Å². The number of nitrogens with zero attached hydrogens (tertiary/aromatic N) is 3. The van der Waals surface area contributed by atoms with Crippen LogP contribution in [0.3, 0.4) is 0 Å². The Bertz CT molecular complexity index is 341. The van der Waals surface area contributed by atoms with Crippen LogP contribution in [-0.2, 0) is 4.79 Å². The van der Waals surface area contributed by atoms with E-state index >= 15 is 0 Å². The molecule has 15 heavy (non-hydrogen) atoms. The summed E-state index contributed by atoms with van der Waals surface area (Å²) in [5.74, 6) is 0.648. The molecule has 0 N–H and O–H groups in total. The molecular weight excluding hydrogens is 258 g/mol. The number of carbonyl (C=O) groups excluding carboxylic acids is 1. The number of piperidine rings is 1. The van der Waals surface area contributed by atoms with E-state index in [2.05, 4.69) is 25.9 Å². The van der Waals surface area contributed by atoms with Crippen molar-refractivity contribution < 1.29 is 4.79 Å². The fourth-order valence-corrected chi connectivity index (χ4v) is 2.01. The minimum Gasteiger partial charge on any atom is -0.331 e. The Kier molecular flexibility index (Phi) is 3.30. The molecule has 1 saturated heterocycles. The highest BCUT2D eigenvalue weighted by Gasteiger charge is 2.23. The number of hydrogen-bond acceptors (Lipinski definition) is 4. The van der Waals surface area contributed by atoms with Crippen molar-refractivity contribution in [3.63, 3.8) is 0 Å². The molecule has 0 aliphatic carbocycles. The predicted molar refractivity (Wildman–Crippen MR) is 60.8 cm³/mol. The highest BCUT2D eigenvalue weighted by Crippen LogP contribution is 2.20. The summed E-state index contributed by atoms with van der Waals surface area (Å²) < 4.78 is 0.853. The Hall–Kier alpha value is -0.970. The van der Waals surface area contributed by atoms with Gasteiger partial charge in [-0.2, -0.15) is 0 Å². The van der Waals surface area contributed by atoms with Crippen LogP contribution in [0.2, 0.25) is 0 Å². The van der Waals surface area contributed by atoms with Crippen molar-refractivity contribution in [3.05, 3.63) is 16.9 Å². The number of halogens is 1. The van der Waals surface area contributed by atoms with Crippen LogP contribution in [0.5, 0.6) is 0 Å². The van der Waals surface area contributed by atoms with Gasteiger partial charge in [-0.3, -0.25) is 0 Å². The van der Waals surface area contributed by atoms with Gasteiger partial charge >= 0.3 is 0 Å². The number of rotatable bonds is 2. The first-order valence-electron chi connectivity index (χ1n) is 5.01. The first-order valence-corrected chi connectivity index (χ1v) is 5.80. The minimum absolute atomic E-state index is 0.0556. The maximum absolute atomic E-state index is 10.9. The Morgan fingerprint density at radius 1 is 1.40 bits per heavy atom. The van der Waals surface area contributed by atoms with Crippen LogP contribution < -0.4 is 4.90 Å². The van der Waals surface area contributed by atoms with Crippen molar-refractivity contribution in [2.75, 3.05) is 11.4 Å². The van der Waals surface area contributed by atoms with Crippen LogP contribution in [-0.4, -0.2) is 28.8 Å². The largest absolute Gasteiger partial charge is 0.331 e. The van der Waals surface area contributed by atoms with E-state index < -0.39 is 0 Å². The molecule has 1 fully saturated rings. The number of aldehydes is 1. The molecule has 1 unspecified atom stereocenters. The summed E-state index contributed by atoms with van der Waals surface area (Å²) in [5.41, 5.74) is 0. The SMILES string of the molecule is O=CC1CCCCN1c1ncc(Br)cn1. The molecule has 0 radical (unpaired) electrons. The summed E-state index contributed by atoms with van der Waals surface area (Å²) in [6.45, 7) is 0.866. The van der Waals surface area contributed by atoms with Crippen molar-refractivity contribution in [2.24, 2.45) is 0 Å². The van der Waals surface area contributed by atoms with Gasteiger partial charge in [0.15, 0.2) is 0 Å². The van der Waals surface area contributed by atoms with Crippen LogP contribution in [0, 0.1) is 0 Å². The number of carbonyl (C=O) groups is 1. The second-order valence-electron chi connectivity index (χ2n) is 3.59. The quantitative estimate of drug-likeness (QED) is 0.769. The van der Waals surface area contributed by atoms with Gasteiger partial charge in [0, 0.05) is 18.9 Å². The molecule has 1 aliphatic rings. The third-order valence-corrected chi connectivity index (χ3v) is 2.98. The third-order valence-electron chi connectivity index (χ3n) is 2.57. The zero-order valence-electron chi connectivity index (χ0n) is 8.27. The predicted octanol–water partition coefficient (Wildman–Crippen LogP) is 1.80. The van der Waals surface area contributed by atoms with Gasteiger partial charge in [0.25, 0.3) is 0 Å². The average molecular weight is 270 g/mol. The summed E-state index contributed by atoms with van der Waals surface area (Å²) in [4.78, 5) is 21.3. The Labute approximate surface area is 96.8 Å². The van der Waals surface area contributed by atoms with E-state index in [-0.39, 0.29) is 6.04 Å². The second-order valence-corrected chi connectivity index (χ2v) is 4.51. The van der Waals surface area contributed by atoms with Crippen LogP contribution in [0.1, 0.15) is 19.3 Å². The molecule has 1 atom stereocenters. The smallest absolute Gasteiger partial charge is 0.225 e. The molecule has 1 aromatic rings. The molecule has 5 heteroatoms. The third kappa shape index (κ3) is 2.34. The van der Waals surface area contributed by atoms with Gasteiger partial charge in [-0.25, -0.2) is 9.97 Å². The van der Waals surface area contributed by atoms with Crippen LogP contribution in [0.25, 0.3) is 0 Å². The number of hydrogen-bond donors (Lipinski definition) is 0. The Morgan fingerprint density at radius 3 is 2.80 bits per heavy atom. The zero-order valence-corrected chi connectivity index (χ0v) is 9.85. The minimum atomic E-state index is -0.0556. The van der Waals surface area contributed by atoms with Crippen molar-refractivity contribution in [1.29, 1.82) is 0 Å². The van der Waals surface area contributed by atoms with Gasteiger partial charge in [0.05, 0.1) is 10.5 Å². The van der Waals surface area contributed by atoms with Crippen LogP contribution in [0.15, 0.2) is 16.9 Å². The molecule has 4 nitrogen and oxygen atoms in total. The summed E-state index contributed by atoms with van der Waals surface area (Å²) in [6, 6.07) is -0.0556. The van der Waals surface area contributed by atoms with E-state index in [4.69, 9.17) is 0 Å². The summed E-state index contributed by atoms with van der Waals surface area (Å²) in [6.07, 6.45) is 7.52. The van der Waals surface area contributed by atoms with Crippen LogP contribution in [0.4, 0.5) is 5.95 Å². The maximum atomic E-state index is 10.9. The lowest BCUT2D eigenvalue weighted by atomic mass is 10.0.